The fourth-order valence-corrected chi connectivity index (χ4v) is 2.22. The second-order valence-electron chi connectivity index (χ2n) is 4.49. The van der Waals surface area contributed by atoms with Crippen molar-refractivity contribution >= 4 is 16.7 Å². The molecule has 1 N–H and O–H groups in total. The highest BCUT2D eigenvalue weighted by atomic mass is 16.4. The normalized spacial score (nSPS) is 10.3. The van der Waals surface area contributed by atoms with Gasteiger partial charge in [0, 0.05) is 0 Å². The van der Waals surface area contributed by atoms with Gasteiger partial charge in [0.05, 0.1) is 5.56 Å². The third kappa shape index (κ3) is 2.74. The van der Waals surface area contributed by atoms with Crippen LogP contribution in [0.2, 0.25) is 0 Å². The van der Waals surface area contributed by atoms with E-state index in [4.69, 9.17) is 0 Å². The molecule has 0 aliphatic heterocycles. The average Bonchev–Trinajstić information content (AvgIpc) is 2.38. The number of aromatic carboxylic acids is 1. The molecule has 0 atom stereocenters. The van der Waals surface area contributed by atoms with Crippen molar-refractivity contribution in [3.8, 4) is 0 Å². The second kappa shape index (κ2) is 5.53. The van der Waals surface area contributed by atoms with Crippen molar-refractivity contribution in [1.82, 2.24) is 0 Å². The molecule has 0 amide bonds. The monoisotopic (exact) mass is 252 g/mol. The number of carboxylic acids is 1. The van der Waals surface area contributed by atoms with Crippen molar-refractivity contribution in [3.05, 3.63) is 72.3 Å². The summed E-state index contributed by atoms with van der Waals surface area (Å²) in [5.41, 5.74) is 2.39. The first-order valence-electron chi connectivity index (χ1n) is 6.16. The summed E-state index contributed by atoms with van der Waals surface area (Å²) in [6, 6.07) is 9.64. The summed E-state index contributed by atoms with van der Waals surface area (Å²) in [5, 5.41) is 11.1. The first-order chi connectivity index (χ1) is 9.15. The van der Waals surface area contributed by atoms with Gasteiger partial charge in [-0.05, 0) is 46.9 Å². The third-order valence-corrected chi connectivity index (χ3v) is 3.07. The van der Waals surface area contributed by atoms with Crippen molar-refractivity contribution in [2.45, 2.75) is 12.8 Å². The minimum absolute atomic E-state index is 0.347. The van der Waals surface area contributed by atoms with Gasteiger partial charge in [-0.2, -0.15) is 0 Å². The number of fused-ring (bicyclic) bond motifs is 1. The zero-order valence-electron chi connectivity index (χ0n) is 10.7. The number of hydrogen-bond donors (Lipinski definition) is 1. The van der Waals surface area contributed by atoms with Crippen molar-refractivity contribution in [1.29, 1.82) is 0 Å². The third-order valence-electron chi connectivity index (χ3n) is 3.07. The van der Waals surface area contributed by atoms with Crippen LogP contribution in [-0.2, 0) is 12.8 Å². The number of carbonyl (C=O) groups is 1. The molecule has 0 saturated heterocycles. The van der Waals surface area contributed by atoms with Gasteiger partial charge in [-0.15, -0.1) is 13.2 Å². The van der Waals surface area contributed by atoms with E-state index in [9.17, 15) is 9.90 Å². The van der Waals surface area contributed by atoms with Gasteiger partial charge in [0.1, 0.15) is 0 Å². The SMILES string of the molecule is C=CCc1cc(C(=O)O)c2cc(CC=C)ccc2c1. The molecule has 2 aromatic rings. The van der Waals surface area contributed by atoms with E-state index in [0.29, 0.717) is 12.0 Å². The Morgan fingerprint density at radius 3 is 2.37 bits per heavy atom. The van der Waals surface area contributed by atoms with E-state index in [1.54, 1.807) is 12.1 Å². The van der Waals surface area contributed by atoms with Gasteiger partial charge in [-0.1, -0.05) is 30.4 Å². The highest BCUT2D eigenvalue weighted by Crippen LogP contribution is 2.24. The highest BCUT2D eigenvalue weighted by molar-refractivity contribution is 6.04. The van der Waals surface area contributed by atoms with Crippen molar-refractivity contribution in [2.75, 3.05) is 0 Å². The lowest BCUT2D eigenvalue weighted by Gasteiger charge is -2.08. The summed E-state index contributed by atoms with van der Waals surface area (Å²) in [7, 11) is 0. The fraction of sp³-hybridized carbons (Fsp3) is 0.118. The predicted molar refractivity (Wildman–Crippen MR) is 78.7 cm³/mol. The number of carboxylic acid groups (broad SMARTS) is 1. The Labute approximate surface area is 112 Å². The molecule has 0 bridgehead atoms. The fourth-order valence-electron chi connectivity index (χ4n) is 2.22. The molecule has 0 unspecified atom stereocenters. The summed E-state index contributed by atoms with van der Waals surface area (Å²) in [6.07, 6.45) is 5.00. The number of benzene rings is 2. The molecule has 0 radical (unpaired) electrons. The smallest absolute Gasteiger partial charge is 0.336 e. The summed E-state index contributed by atoms with van der Waals surface area (Å²) < 4.78 is 0. The molecule has 0 aliphatic rings. The quantitative estimate of drug-likeness (QED) is 0.817. The Kier molecular flexibility index (Phi) is 3.81. The Bertz CT molecular complexity index is 654. The summed E-state index contributed by atoms with van der Waals surface area (Å²) >= 11 is 0. The van der Waals surface area contributed by atoms with Crippen molar-refractivity contribution in [3.63, 3.8) is 0 Å². The van der Waals surface area contributed by atoms with Crippen molar-refractivity contribution in [2.24, 2.45) is 0 Å². The van der Waals surface area contributed by atoms with Gasteiger partial charge < -0.3 is 5.11 Å². The summed E-state index contributed by atoms with van der Waals surface area (Å²) in [4.78, 5) is 11.4. The van der Waals surface area contributed by atoms with E-state index in [2.05, 4.69) is 13.2 Å². The van der Waals surface area contributed by atoms with E-state index < -0.39 is 5.97 Å². The number of allylic oxidation sites excluding steroid dienone is 2. The van der Waals surface area contributed by atoms with Crippen LogP contribution >= 0.6 is 0 Å². The molecule has 19 heavy (non-hydrogen) atoms. The second-order valence-corrected chi connectivity index (χ2v) is 4.49. The molecule has 2 nitrogen and oxygen atoms in total. The lowest BCUT2D eigenvalue weighted by Crippen LogP contribution is -2.00. The molecule has 0 aromatic heterocycles. The van der Waals surface area contributed by atoms with E-state index in [0.717, 1.165) is 28.3 Å². The number of rotatable bonds is 5. The Morgan fingerprint density at radius 1 is 1.05 bits per heavy atom. The lowest BCUT2D eigenvalue weighted by atomic mass is 9.97. The zero-order chi connectivity index (χ0) is 13.8. The van der Waals surface area contributed by atoms with Crippen LogP contribution in [0.5, 0.6) is 0 Å². The van der Waals surface area contributed by atoms with E-state index >= 15 is 0 Å². The molecule has 0 fully saturated rings. The maximum absolute atomic E-state index is 11.4. The molecule has 2 heteroatoms. The van der Waals surface area contributed by atoms with E-state index in [1.807, 2.05) is 30.3 Å². The average molecular weight is 252 g/mol. The minimum atomic E-state index is -0.897. The van der Waals surface area contributed by atoms with Gasteiger partial charge in [0.25, 0.3) is 0 Å². The highest BCUT2D eigenvalue weighted by Gasteiger charge is 2.10. The molecule has 2 aromatic carbocycles. The van der Waals surface area contributed by atoms with Crippen LogP contribution in [0.3, 0.4) is 0 Å². The largest absolute Gasteiger partial charge is 0.478 e. The van der Waals surface area contributed by atoms with Crippen LogP contribution < -0.4 is 0 Å². The summed E-state index contributed by atoms with van der Waals surface area (Å²) in [6.45, 7) is 7.40. The van der Waals surface area contributed by atoms with Crippen LogP contribution in [0.4, 0.5) is 0 Å². The first-order valence-corrected chi connectivity index (χ1v) is 6.16. The number of hydrogen-bond acceptors (Lipinski definition) is 1. The van der Waals surface area contributed by atoms with Crippen LogP contribution in [-0.4, -0.2) is 11.1 Å². The van der Waals surface area contributed by atoms with Crippen LogP contribution in [0.25, 0.3) is 10.8 Å². The van der Waals surface area contributed by atoms with Crippen LogP contribution in [0, 0.1) is 0 Å². The van der Waals surface area contributed by atoms with Crippen molar-refractivity contribution < 1.29 is 9.90 Å². The predicted octanol–water partition coefficient (Wildman–Crippen LogP) is 4.00. The molecule has 0 spiro atoms. The molecule has 0 aliphatic carbocycles. The maximum Gasteiger partial charge on any atom is 0.336 e. The summed E-state index contributed by atoms with van der Waals surface area (Å²) in [5.74, 6) is -0.897. The Hall–Kier alpha value is -2.35. The van der Waals surface area contributed by atoms with Gasteiger partial charge in [-0.3, -0.25) is 0 Å². The molecular formula is C17H16O2. The van der Waals surface area contributed by atoms with E-state index in [-0.39, 0.29) is 0 Å². The molecular weight excluding hydrogens is 236 g/mol. The molecule has 2 rings (SSSR count). The zero-order valence-corrected chi connectivity index (χ0v) is 10.7. The Balaban J connectivity index is 2.67. The van der Waals surface area contributed by atoms with Gasteiger partial charge in [0.15, 0.2) is 0 Å². The maximum atomic E-state index is 11.4. The minimum Gasteiger partial charge on any atom is -0.478 e. The van der Waals surface area contributed by atoms with E-state index in [1.165, 1.54) is 0 Å². The standard InChI is InChI=1S/C17H16O2/c1-3-5-12-7-8-14-9-13(6-4-2)11-16(17(18)19)15(14)10-12/h3-4,7-11H,1-2,5-6H2,(H,18,19). The van der Waals surface area contributed by atoms with Crippen LogP contribution in [0.15, 0.2) is 55.6 Å². The molecule has 96 valence electrons. The van der Waals surface area contributed by atoms with Crippen LogP contribution in [0.1, 0.15) is 21.5 Å². The van der Waals surface area contributed by atoms with Gasteiger partial charge in [-0.25, -0.2) is 4.79 Å². The topological polar surface area (TPSA) is 37.3 Å². The van der Waals surface area contributed by atoms with Gasteiger partial charge >= 0.3 is 5.97 Å². The molecule has 0 heterocycles. The Morgan fingerprint density at radius 2 is 1.74 bits per heavy atom. The first kappa shape index (κ1) is 13.1. The lowest BCUT2D eigenvalue weighted by molar-refractivity contribution is 0.0699. The van der Waals surface area contributed by atoms with Gasteiger partial charge in [0.2, 0.25) is 0 Å². The molecule has 0 saturated carbocycles.